The van der Waals surface area contributed by atoms with Crippen LogP contribution < -0.4 is 5.32 Å². The first-order valence-corrected chi connectivity index (χ1v) is 9.34. The summed E-state index contributed by atoms with van der Waals surface area (Å²) in [6, 6.07) is 7.48. The van der Waals surface area contributed by atoms with Gasteiger partial charge in [-0.15, -0.1) is 11.3 Å². The van der Waals surface area contributed by atoms with Crippen LogP contribution in [0.3, 0.4) is 0 Å². The molecule has 4 nitrogen and oxygen atoms in total. The maximum atomic E-state index is 12.4. The Morgan fingerprint density at radius 2 is 2.32 bits per heavy atom. The molecule has 1 heterocycles. The zero-order chi connectivity index (χ0) is 15.9. The highest BCUT2D eigenvalue weighted by Gasteiger charge is 2.14. The summed E-state index contributed by atoms with van der Waals surface area (Å²) in [4.78, 5) is 16.8. The minimum atomic E-state index is -0.109. The van der Waals surface area contributed by atoms with E-state index in [1.54, 1.807) is 29.2 Å². The molecule has 1 aromatic heterocycles. The minimum absolute atomic E-state index is 0.0155. The van der Waals surface area contributed by atoms with Gasteiger partial charge in [0.2, 0.25) is 0 Å². The number of amides is 1. The second-order valence-electron chi connectivity index (χ2n) is 5.01. The quantitative estimate of drug-likeness (QED) is 0.816. The maximum Gasteiger partial charge on any atom is 0.251 e. The number of thiazole rings is 1. The predicted molar refractivity (Wildman–Crippen MR) is 93.6 cm³/mol. The molecule has 2 N–H and O–H groups in total. The van der Waals surface area contributed by atoms with Crippen molar-refractivity contribution in [3.63, 3.8) is 0 Å². The van der Waals surface area contributed by atoms with Crippen molar-refractivity contribution in [2.45, 2.75) is 19.4 Å². The molecular weight excluding hydrogens is 316 g/mol. The molecule has 0 aliphatic carbocycles. The van der Waals surface area contributed by atoms with Crippen LogP contribution in [0.25, 0.3) is 10.6 Å². The molecule has 0 fully saturated rings. The Labute approximate surface area is 139 Å². The fourth-order valence-electron chi connectivity index (χ4n) is 2.10. The SMILES string of the molecule is CSCC(CCO)NC(=O)c1cccc(-c2nc(C)cs2)c1. The Bertz CT molecular complexity index is 622. The summed E-state index contributed by atoms with van der Waals surface area (Å²) in [5.74, 6) is 0.681. The molecule has 118 valence electrons. The lowest BCUT2D eigenvalue weighted by Gasteiger charge is -2.16. The third kappa shape index (κ3) is 4.56. The molecule has 1 amide bonds. The van der Waals surface area contributed by atoms with Gasteiger partial charge in [0.05, 0.1) is 0 Å². The molecule has 22 heavy (non-hydrogen) atoms. The number of hydrogen-bond donors (Lipinski definition) is 2. The minimum Gasteiger partial charge on any atom is -0.396 e. The van der Waals surface area contributed by atoms with Crippen LogP contribution in [0.5, 0.6) is 0 Å². The Kier molecular flexibility index (Phi) is 6.42. The fourth-order valence-corrected chi connectivity index (χ4v) is 3.55. The molecule has 1 aromatic carbocycles. The van der Waals surface area contributed by atoms with Gasteiger partial charge in [0.1, 0.15) is 5.01 Å². The van der Waals surface area contributed by atoms with Crippen LogP contribution in [0.1, 0.15) is 22.5 Å². The molecule has 0 aliphatic heterocycles. The van der Waals surface area contributed by atoms with Crippen LogP contribution in [0.4, 0.5) is 0 Å². The van der Waals surface area contributed by atoms with E-state index in [1.165, 1.54) is 0 Å². The highest BCUT2D eigenvalue weighted by Crippen LogP contribution is 2.24. The Hall–Kier alpha value is -1.37. The topological polar surface area (TPSA) is 62.2 Å². The number of nitrogens with one attached hydrogen (secondary N) is 1. The highest BCUT2D eigenvalue weighted by atomic mass is 32.2. The second-order valence-corrected chi connectivity index (χ2v) is 6.78. The van der Waals surface area contributed by atoms with Gasteiger partial charge in [-0.2, -0.15) is 11.8 Å². The van der Waals surface area contributed by atoms with E-state index < -0.39 is 0 Å². The van der Waals surface area contributed by atoms with Crippen molar-refractivity contribution in [3.05, 3.63) is 40.9 Å². The molecule has 0 saturated carbocycles. The number of hydrogen-bond acceptors (Lipinski definition) is 5. The number of aromatic nitrogens is 1. The summed E-state index contributed by atoms with van der Waals surface area (Å²) < 4.78 is 0. The molecule has 1 unspecified atom stereocenters. The normalized spacial score (nSPS) is 12.1. The van der Waals surface area contributed by atoms with E-state index in [9.17, 15) is 4.79 Å². The summed E-state index contributed by atoms with van der Waals surface area (Å²) in [5.41, 5.74) is 2.56. The van der Waals surface area contributed by atoms with Gasteiger partial charge < -0.3 is 10.4 Å². The van der Waals surface area contributed by atoms with Gasteiger partial charge in [-0.25, -0.2) is 4.98 Å². The lowest BCUT2D eigenvalue weighted by molar-refractivity contribution is 0.0935. The Morgan fingerprint density at radius 3 is 2.95 bits per heavy atom. The first kappa shape index (κ1) is 17.0. The van der Waals surface area contributed by atoms with Gasteiger partial charge in [-0.3, -0.25) is 4.79 Å². The number of carbonyl (C=O) groups is 1. The van der Waals surface area contributed by atoms with Crippen molar-refractivity contribution < 1.29 is 9.90 Å². The van der Waals surface area contributed by atoms with Crippen LogP contribution in [0.15, 0.2) is 29.6 Å². The van der Waals surface area contributed by atoms with E-state index in [2.05, 4.69) is 10.3 Å². The predicted octanol–water partition coefficient (Wildman–Crippen LogP) is 2.96. The molecular formula is C16H20N2O2S2. The van der Waals surface area contributed by atoms with Crippen molar-refractivity contribution in [1.82, 2.24) is 10.3 Å². The first-order chi connectivity index (χ1) is 10.6. The maximum absolute atomic E-state index is 12.4. The third-order valence-corrected chi connectivity index (χ3v) is 4.92. The monoisotopic (exact) mass is 336 g/mol. The molecule has 2 aromatic rings. The third-order valence-electron chi connectivity index (χ3n) is 3.17. The van der Waals surface area contributed by atoms with Crippen molar-refractivity contribution in [3.8, 4) is 10.6 Å². The highest BCUT2D eigenvalue weighted by molar-refractivity contribution is 7.98. The van der Waals surface area contributed by atoms with E-state index in [1.807, 2.05) is 36.8 Å². The summed E-state index contributed by atoms with van der Waals surface area (Å²) >= 11 is 3.23. The summed E-state index contributed by atoms with van der Waals surface area (Å²) in [6.07, 6.45) is 2.56. The van der Waals surface area contributed by atoms with Crippen LogP contribution in [0, 0.1) is 6.92 Å². The van der Waals surface area contributed by atoms with Crippen LogP contribution >= 0.6 is 23.1 Å². The smallest absolute Gasteiger partial charge is 0.251 e. The van der Waals surface area contributed by atoms with E-state index >= 15 is 0 Å². The van der Waals surface area contributed by atoms with Gasteiger partial charge in [0.15, 0.2) is 0 Å². The summed E-state index contributed by atoms with van der Waals surface area (Å²) in [6.45, 7) is 2.03. The number of aliphatic hydroxyl groups excluding tert-OH is 1. The fraction of sp³-hybridized carbons (Fsp3) is 0.375. The van der Waals surface area contributed by atoms with Gasteiger partial charge in [0, 0.05) is 40.6 Å². The summed E-state index contributed by atoms with van der Waals surface area (Å²) in [7, 11) is 0. The van der Waals surface area contributed by atoms with Gasteiger partial charge in [0.25, 0.3) is 5.91 Å². The lowest BCUT2D eigenvalue weighted by Crippen LogP contribution is -2.37. The van der Waals surface area contributed by atoms with Crippen LogP contribution in [-0.4, -0.2) is 40.7 Å². The number of thioether (sulfide) groups is 1. The van der Waals surface area contributed by atoms with Crippen LogP contribution in [-0.2, 0) is 0 Å². The molecule has 0 bridgehead atoms. The van der Waals surface area contributed by atoms with Crippen molar-refractivity contribution >= 4 is 29.0 Å². The van der Waals surface area contributed by atoms with Crippen molar-refractivity contribution in [2.24, 2.45) is 0 Å². The summed E-state index contributed by atoms with van der Waals surface area (Å²) in [5, 5.41) is 15.0. The molecule has 2 rings (SSSR count). The molecule has 6 heteroatoms. The first-order valence-electron chi connectivity index (χ1n) is 7.07. The Balaban J connectivity index is 2.13. The number of carbonyl (C=O) groups excluding carboxylic acids is 1. The molecule has 0 spiro atoms. The van der Waals surface area contributed by atoms with E-state index in [-0.39, 0.29) is 18.6 Å². The van der Waals surface area contributed by atoms with E-state index in [0.29, 0.717) is 12.0 Å². The zero-order valence-electron chi connectivity index (χ0n) is 12.7. The van der Waals surface area contributed by atoms with Gasteiger partial charge in [-0.1, -0.05) is 12.1 Å². The number of nitrogens with zero attached hydrogens (tertiary/aromatic N) is 1. The van der Waals surface area contributed by atoms with Crippen molar-refractivity contribution in [1.29, 1.82) is 0 Å². The van der Waals surface area contributed by atoms with Gasteiger partial charge >= 0.3 is 0 Å². The van der Waals surface area contributed by atoms with Crippen LogP contribution in [0.2, 0.25) is 0 Å². The Morgan fingerprint density at radius 1 is 1.50 bits per heavy atom. The standard InChI is InChI=1S/C16H20N2O2S2/c1-11-9-22-16(17-11)13-5-3-4-12(8-13)15(20)18-14(6-7-19)10-21-2/h3-5,8-9,14,19H,6-7,10H2,1-2H3,(H,18,20). The molecule has 1 atom stereocenters. The number of rotatable bonds is 7. The lowest BCUT2D eigenvalue weighted by atomic mass is 10.1. The number of aryl methyl sites for hydroxylation is 1. The number of aliphatic hydroxyl groups is 1. The van der Waals surface area contributed by atoms with E-state index in [4.69, 9.17) is 5.11 Å². The molecule has 0 aliphatic rings. The molecule has 0 radical (unpaired) electrons. The molecule has 0 saturated heterocycles. The second kappa shape index (κ2) is 8.31. The van der Waals surface area contributed by atoms with E-state index in [0.717, 1.165) is 22.0 Å². The number of benzene rings is 1. The average Bonchev–Trinajstić information content (AvgIpc) is 2.94. The largest absolute Gasteiger partial charge is 0.396 e. The zero-order valence-corrected chi connectivity index (χ0v) is 14.3. The average molecular weight is 336 g/mol. The van der Waals surface area contributed by atoms with Crippen molar-refractivity contribution in [2.75, 3.05) is 18.6 Å². The van der Waals surface area contributed by atoms with Gasteiger partial charge in [-0.05, 0) is 31.7 Å².